The molecule has 0 bridgehead atoms. The first kappa shape index (κ1) is 17.8. The van der Waals surface area contributed by atoms with Gasteiger partial charge < -0.3 is 16.0 Å². The summed E-state index contributed by atoms with van der Waals surface area (Å²) in [5.41, 5.74) is 5.94. The fourth-order valence-corrected chi connectivity index (χ4v) is 3.36. The minimum absolute atomic E-state index is 0.00464. The number of benzene rings is 1. The summed E-state index contributed by atoms with van der Waals surface area (Å²) >= 11 is 0. The number of nitrogens with two attached hydrogens (primary N) is 1. The van der Waals surface area contributed by atoms with Gasteiger partial charge in [-0.05, 0) is 42.5 Å². The van der Waals surface area contributed by atoms with E-state index in [1.807, 2.05) is 4.90 Å². The molecule has 3 rings (SSSR count). The van der Waals surface area contributed by atoms with Crippen LogP contribution in [0.1, 0.15) is 20.3 Å². The van der Waals surface area contributed by atoms with Gasteiger partial charge in [0.05, 0.1) is 4.92 Å². The number of nitrogen functional groups attached to an aromatic ring is 1. The van der Waals surface area contributed by atoms with Crippen LogP contribution in [0.5, 0.6) is 0 Å². The lowest BCUT2D eigenvalue weighted by Gasteiger charge is -2.35. The molecule has 2 heterocycles. The molecule has 8 nitrogen and oxygen atoms in total. The second-order valence-electron chi connectivity index (χ2n) is 6.85. The van der Waals surface area contributed by atoms with Gasteiger partial charge in [0.25, 0.3) is 0 Å². The van der Waals surface area contributed by atoms with Crippen LogP contribution in [0.3, 0.4) is 0 Å². The highest BCUT2D eigenvalue weighted by Crippen LogP contribution is 2.33. The normalized spacial score (nSPS) is 20.0. The quantitative estimate of drug-likeness (QED) is 0.635. The molecule has 0 spiro atoms. The van der Waals surface area contributed by atoms with Crippen molar-refractivity contribution in [2.75, 3.05) is 29.0 Å². The van der Waals surface area contributed by atoms with Crippen LogP contribution in [-0.2, 0) is 0 Å². The minimum Gasteiger partial charge on any atom is -0.378 e. The Morgan fingerprint density at radius 2 is 1.85 bits per heavy atom. The third-order valence-corrected chi connectivity index (χ3v) is 4.34. The van der Waals surface area contributed by atoms with Gasteiger partial charge in [0.2, 0.25) is 17.6 Å². The first-order chi connectivity index (χ1) is 12.3. The largest absolute Gasteiger partial charge is 0.378 e. The van der Waals surface area contributed by atoms with Crippen LogP contribution in [0.15, 0.2) is 24.3 Å². The van der Waals surface area contributed by atoms with Gasteiger partial charge in [-0.2, -0.15) is 9.97 Å². The smallest absolute Gasteiger partial charge is 0.353 e. The van der Waals surface area contributed by atoms with E-state index in [0.717, 1.165) is 19.5 Å². The molecule has 2 atom stereocenters. The Morgan fingerprint density at radius 1 is 1.23 bits per heavy atom. The molecule has 9 heteroatoms. The van der Waals surface area contributed by atoms with Crippen molar-refractivity contribution in [3.05, 3.63) is 40.2 Å². The lowest BCUT2D eigenvalue weighted by atomic mass is 9.92. The molecule has 1 aromatic heterocycles. The second-order valence-corrected chi connectivity index (χ2v) is 6.85. The monoisotopic (exact) mass is 360 g/mol. The molecule has 0 amide bonds. The van der Waals surface area contributed by atoms with Crippen LogP contribution in [-0.4, -0.2) is 28.0 Å². The van der Waals surface area contributed by atoms with E-state index >= 15 is 0 Å². The molecule has 1 aromatic carbocycles. The van der Waals surface area contributed by atoms with Crippen LogP contribution in [0, 0.1) is 27.8 Å². The molecular weight excluding hydrogens is 339 g/mol. The molecule has 1 saturated heterocycles. The summed E-state index contributed by atoms with van der Waals surface area (Å²) in [5.74, 6) is 0.686. The number of hydrogen-bond acceptors (Lipinski definition) is 7. The third kappa shape index (κ3) is 3.81. The van der Waals surface area contributed by atoms with E-state index in [2.05, 4.69) is 29.1 Å². The number of nitro groups is 1. The van der Waals surface area contributed by atoms with Gasteiger partial charge in [0, 0.05) is 18.8 Å². The first-order valence-electron chi connectivity index (χ1n) is 8.43. The predicted octanol–water partition coefficient (Wildman–Crippen LogP) is 3.33. The average Bonchev–Trinajstić information content (AvgIpc) is 2.55. The van der Waals surface area contributed by atoms with Crippen molar-refractivity contribution in [1.82, 2.24) is 9.97 Å². The maximum Gasteiger partial charge on any atom is 0.353 e. The number of aromatic nitrogens is 2. The van der Waals surface area contributed by atoms with Crippen molar-refractivity contribution in [3.8, 4) is 0 Å². The molecule has 2 aromatic rings. The Balaban J connectivity index is 1.99. The lowest BCUT2D eigenvalue weighted by molar-refractivity contribution is -0.383. The van der Waals surface area contributed by atoms with Gasteiger partial charge in [-0.3, -0.25) is 10.1 Å². The maximum absolute atomic E-state index is 13.1. The summed E-state index contributed by atoms with van der Waals surface area (Å²) in [5, 5.41) is 14.3. The lowest BCUT2D eigenvalue weighted by Crippen LogP contribution is -2.39. The summed E-state index contributed by atoms with van der Waals surface area (Å²) in [4.78, 5) is 21.3. The minimum atomic E-state index is -0.619. The average molecular weight is 360 g/mol. The fourth-order valence-electron chi connectivity index (χ4n) is 3.36. The van der Waals surface area contributed by atoms with E-state index < -0.39 is 16.4 Å². The topological polar surface area (TPSA) is 110 Å². The van der Waals surface area contributed by atoms with Gasteiger partial charge in [0.15, 0.2) is 0 Å². The van der Waals surface area contributed by atoms with Crippen molar-refractivity contribution < 1.29 is 9.31 Å². The highest BCUT2D eigenvalue weighted by molar-refractivity contribution is 5.74. The molecule has 1 aliphatic rings. The van der Waals surface area contributed by atoms with Gasteiger partial charge in [-0.15, -0.1) is 0 Å². The molecular formula is C17H21FN6O2. The molecule has 0 unspecified atom stereocenters. The van der Waals surface area contributed by atoms with Crippen molar-refractivity contribution in [1.29, 1.82) is 0 Å². The van der Waals surface area contributed by atoms with Crippen molar-refractivity contribution in [2.45, 2.75) is 20.3 Å². The summed E-state index contributed by atoms with van der Waals surface area (Å²) < 4.78 is 13.1. The number of anilines is 4. The van der Waals surface area contributed by atoms with E-state index in [-0.39, 0.29) is 11.6 Å². The Kier molecular flexibility index (Phi) is 4.88. The van der Waals surface area contributed by atoms with Gasteiger partial charge in [-0.1, -0.05) is 13.8 Å². The van der Waals surface area contributed by atoms with Crippen LogP contribution in [0.2, 0.25) is 0 Å². The standard InChI is InChI=1S/C17H21FN6O2/c1-10-7-11(2)9-23(8-10)17-21-15(19)14(24(25)26)16(22-17)20-13-5-3-12(18)4-6-13/h3-6,10-11H,7-9H2,1-2H3,(H3,19,20,21,22)/t10-,11+. The van der Waals surface area contributed by atoms with Gasteiger partial charge in [-0.25, -0.2) is 4.39 Å². The van der Waals surface area contributed by atoms with E-state index in [0.29, 0.717) is 23.5 Å². The van der Waals surface area contributed by atoms with E-state index in [1.165, 1.54) is 24.3 Å². The zero-order chi connectivity index (χ0) is 18.8. The first-order valence-corrected chi connectivity index (χ1v) is 8.43. The Labute approximate surface area is 150 Å². The molecule has 0 radical (unpaired) electrons. The van der Waals surface area contributed by atoms with Crippen LogP contribution in [0.4, 0.5) is 33.3 Å². The summed E-state index contributed by atoms with van der Waals surface area (Å²) in [6.45, 7) is 5.82. The summed E-state index contributed by atoms with van der Waals surface area (Å²) in [6, 6.07) is 5.46. The highest BCUT2D eigenvalue weighted by atomic mass is 19.1. The number of piperidine rings is 1. The second kappa shape index (κ2) is 7.11. The number of rotatable bonds is 4. The van der Waals surface area contributed by atoms with Crippen LogP contribution >= 0.6 is 0 Å². The molecule has 1 aliphatic heterocycles. The van der Waals surface area contributed by atoms with Gasteiger partial charge in [0.1, 0.15) is 5.82 Å². The van der Waals surface area contributed by atoms with Crippen LogP contribution in [0.25, 0.3) is 0 Å². The van der Waals surface area contributed by atoms with E-state index in [9.17, 15) is 14.5 Å². The zero-order valence-corrected chi connectivity index (χ0v) is 14.6. The Morgan fingerprint density at radius 3 is 2.42 bits per heavy atom. The Bertz CT molecular complexity index is 804. The maximum atomic E-state index is 13.1. The molecule has 138 valence electrons. The fraction of sp³-hybridized carbons (Fsp3) is 0.412. The SMILES string of the molecule is C[C@@H]1C[C@H](C)CN(c2nc(N)c([N+](=O)[O-])c(Nc3ccc(F)cc3)n2)C1. The number of halogens is 1. The third-order valence-electron chi connectivity index (χ3n) is 4.34. The molecule has 26 heavy (non-hydrogen) atoms. The molecule has 0 aliphatic carbocycles. The predicted molar refractivity (Wildman–Crippen MR) is 97.9 cm³/mol. The van der Waals surface area contributed by atoms with Crippen molar-refractivity contribution in [3.63, 3.8) is 0 Å². The number of nitrogens with one attached hydrogen (secondary N) is 1. The van der Waals surface area contributed by atoms with Crippen molar-refractivity contribution in [2.24, 2.45) is 11.8 Å². The van der Waals surface area contributed by atoms with Crippen LogP contribution < -0.4 is 16.0 Å². The van der Waals surface area contributed by atoms with E-state index in [1.54, 1.807) is 0 Å². The summed E-state index contributed by atoms with van der Waals surface area (Å²) in [7, 11) is 0. The van der Waals surface area contributed by atoms with Crippen molar-refractivity contribution >= 4 is 29.0 Å². The number of hydrogen-bond donors (Lipinski definition) is 2. The Hall–Kier alpha value is -2.97. The summed E-state index contributed by atoms with van der Waals surface area (Å²) in [6.07, 6.45) is 1.11. The van der Waals surface area contributed by atoms with E-state index in [4.69, 9.17) is 5.73 Å². The molecule has 0 saturated carbocycles. The molecule has 1 fully saturated rings. The van der Waals surface area contributed by atoms with Gasteiger partial charge >= 0.3 is 5.69 Å². The number of nitrogens with zero attached hydrogens (tertiary/aromatic N) is 4. The molecule has 3 N–H and O–H groups in total. The zero-order valence-electron chi connectivity index (χ0n) is 14.6. The highest BCUT2D eigenvalue weighted by Gasteiger charge is 2.28.